The van der Waals surface area contributed by atoms with Crippen molar-refractivity contribution in [2.75, 3.05) is 5.73 Å². The molecule has 0 saturated heterocycles. The van der Waals surface area contributed by atoms with Gasteiger partial charge in [-0.3, -0.25) is 4.79 Å². The second-order valence-corrected chi connectivity index (χ2v) is 3.92. The minimum absolute atomic E-state index is 0.0564. The van der Waals surface area contributed by atoms with Gasteiger partial charge in [0.1, 0.15) is 11.6 Å². The largest absolute Gasteiger partial charge is 0.399 e. The van der Waals surface area contributed by atoms with Gasteiger partial charge in [0.2, 0.25) is 0 Å². The minimum atomic E-state index is -0.554. The van der Waals surface area contributed by atoms with Crippen LogP contribution in [0.1, 0.15) is 21.7 Å². The van der Waals surface area contributed by atoms with Gasteiger partial charge in [-0.15, -0.1) is 0 Å². The molecule has 18 heavy (non-hydrogen) atoms. The number of nitrogens with two attached hydrogens (primary N) is 1. The molecule has 0 saturated carbocycles. The van der Waals surface area contributed by atoms with E-state index in [4.69, 9.17) is 5.73 Å². The molecule has 0 unspecified atom stereocenters. The van der Waals surface area contributed by atoms with Crippen LogP contribution in [0.4, 0.5) is 10.1 Å². The molecular weight excluding hydrogens is 235 g/mol. The normalized spacial score (nSPS) is 10.3. The molecule has 94 valence electrons. The molecule has 0 aliphatic carbocycles. The van der Waals surface area contributed by atoms with Gasteiger partial charge in [-0.25, -0.2) is 9.37 Å². The molecule has 0 radical (unpaired) electrons. The van der Waals surface area contributed by atoms with Crippen LogP contribution in [0.2, 0.25) is 0 Å². The summed E-state index contributed by atoms with van der Waals surface area (Å²) in [6.45, 7) is 1.77. The fraction of sp³-hybridized carbons (Fsp3) is 0.167. The molecule has 2 aromatic rings. The maximum Gasteiger partial charge on any atom is 0.254 e. The summed E-state index contributed by atoms with van der Waals surface area (Å²) in [7, 11) is 0. The number of nitrogens with one attached hydrogen (secondary N) is 2. The topological polar surface area (TPSA) is 83.8 Å². The quantitative estimate of drug-likeness (QED) is 0.717. The van der Waals surface area contributed by atoms with E-state index in [9.17, 15) is 9.18 Å². The van der Waals surface area contributed by atoms with Crippen LogP contribution in [0.25, 0.3) is 0 Å². The third-order valence-corrected chi connectivity index (χ3v) is 2.49. The van der Waals surface area contributed by atoms with Crippen LogP contribution in [0.3, 0.4) is 0 Å². The molecule has 6 heteroatoms. The number of anilines is 1. The Balaban J connectivity index is 2.14. The molecule has 4 N–H and O–H groups in total. The summed E-state index contributed by atoms with van der Waals surface area (Å²) in [6.07, 6.45) is 3.22. The van der Waals surface area contributed by atoms with Crippen LogP contribution in [0.15, 0.2) is 24.5 Å². The highest BCUT2D eigenvalue weighted by molar-refractivity contribution is 5.95. The Labute approximate surface area is 103 Å². The van der Waals surface area contributed by atoms with E-state index in [2.05, 4.69) is 15.3 Å². The molecule has 0 spiro atoms. The number of H-pyrrole nitrogens is 1. The van der Waals surface area contributed by atoms with E-state index in [-0.39, 0.29) is 12.1 Å². The number of aryl methyl sites for hydroxylation is 1. The van der Waals surface area contributed by atoms with E-state index < -0.39 is 11.7 Å². The van der Waals surface area contributed by atoms with E-state index in [1.165, 1.54) is 12.1 Å². The maximum atomic E-state index is 13.8. The molecule has 2 rings (SSSR count). The van der Waals surface area contributed by atoms with Gasteiger partial charge >= 0.3 is 0 Å². The lowest BCUT2D eigenvalue weighted by Crippen LogP contribution is -2.24. The van der Waals surface area contributed by atoms with Crippen molar-refractivity contribution in [2.24, 2.45) is 0 Å². The Morgan fingerprint density at radius 2 is 2.33 bits per heavy atom. The number of amides is 1. The van der Waals surface area contributed by atoms with Gasteiger partial charge in [-0.1, -0.05) is 0 Å². The van der Waals surface area contributed by atoms with Crippen molar-refractivity contribution in [1.82, 2.24) is 15.3 Å². The van der Waals surface area contributed by atoms with Gasteiger partial charge in [-0.05, 0) is 24.6 Å². The lowest BCUT2D eigenvalue weighted by atomic mass is 10.1. The van der Waals surface area contributed by atoms with E-state index in [0.717, 1.165) is 0 Å². The van der Waals surface area contributed by atoms with Gasteiger partial charge in [-0.2, -0.15) is 0 Å². The Morgan fingerprint density at radius 1 is 1.56 bits per heavy atom. The summed E-state index contributed by atoms with van der Waals surface area (Å²) < 4.78 is 13.8. The zero-order chi connectivity index (χ0) is 13.1. The van der Waals surface area contributed by atoms with Crippen molar-refractivity contribution in [3.63, 3.8) is 0 Å². The van der Waals surface area contributed by atoms with Crippen LogP contribution in [0, 0.1) is 12.7 Å². The van der Waals surface area contributed by atoms with Crippen molar-refractivity contribution < 1.29 is 9.18 Å². The van der Waals surface area contributed by atoms with Gasteiger partial charge in [0.05, 0.1) is 12.1 Å². The number of hydrogen-bond donors (Lipinski definition) is 3. The Morgan fingerprint density at radius 3 is 3.00 bits per heavy atom. The van der Waals surface area contributed by atoms with Crippen LogP contribution < -0.4 is 11.1 Å². The lowest BCUT2D eigenvalue weighted by Gasteiger charge is -2.07. The van der Waals surface area contributed by atoms with Crippen molar-refractivity contribution in [3.8, 4) is 0 Å². The standard InChI is InChI=1S/C12H13FN4O/c1-7-4-8(14)5-9(11(7)13)12(18)17-6-10-15-2-3-16-10/h2-5H,6,14H2,1H3,(H,15,16)(H,17,18). The van der Waals surface area contributed by atoms with Crippen LogP contribution in [0.5, 0.6) is 0 Å². The number of imidazole rings is 1. The van der Waals surface area contributed by atoms with Crippen LogP contribution in [-0.4, -0.2) is 15.9 Å². The zero-order valence-electron chi connectivity index (χ0n) is 9.83. The predicted octanol–water partition coefficient (Wildman–Crippen LogP) is 1.37. The van der Waals surface area contributed by atoms with Crippen molar-refractivity contribution >= 4 is 11.6 Å². The van der Waals surface area contributed by atoms with Crippen LogP contribution >= 0.6 is 0 Å². The number of carbonyl (C=O) groups excluding carboxylic acids is 1. The van der Waals surface area contributed by atoms with Gasteiger partial charge in [0.15, 0.2) is 0 Å². The highest BCUT2D eigenvalue weighted by Crippen LogP contribution is 2.16. The van der Waals surface area contributed by atoms with E-state index in [1.54, 1.807) is 19.3 Å². The predicted molar refractivity (Wildman–Crippen MR) is 65.3 cm³/mol. The van der Waals surface area contributed by atoms with E-state index in [0.29, 0.717) is 17.1 Å². The first-order chi connectivity index (χ1) is 8.58. The van der Waals surface area contributed by atoms with Crippen LogP contribution in [-0.2, 0) is 6.54 Å². The first-order valence-corrected chi connectivity index (χ1v) is 5.40. The number of nitrogen functional groups attached to an aromatic ring is 1. The molecule has 1 aromatic carbocycles. The number of halogens is 1. The number of rotatable bonds is 3. The SMILES string of the molecule is Cc1cc(N)cc(C(=O)NCc2ncc[nH]2)c1F. The fourth-order valence-corrected chi connectivity index (χ4v) is 1.62. The second-order valence-electron chi connectivity index (χ2n) is 3.92. The Kier molecular flexibility index (Phi) is 3.27. The Bertz CT molecular complexity index is 566. The summed E-state index contributed by atoms with van der Waals surface area (Å²) in [6, 6.07) is 2.80. The maximum absolute atomic E-state index is 13.8. The molecular formula is C12H13FN4O. The number of hydrogen-bond acceptors (Lipinski definition) is 3. The highest BCUT2D eigenvalue weighted by Gasteiger charge is 2.14. The molecule has 0 bridgehead atoms. The second kappa shape index (κ2) is 4.87. The third kappa shape index (κ3) is 2.48. The highest BCUT2D eigenvalue weighted by atomic mass is 19.1. The molecule has 0 fully saturated rings. The molecule has 5 nitrogen and oxygen atoms in total. The number of benzene rings is 1. The van der Waals surface area contributed by atoms with Crippen molar-refractivity contribution in [3.05, 3.63) is 47.3 Å². The average Bonchev–Trinajstić information content (AvgIpc) is 2.83. The van der Waals surface area contributed by atoms with E-state index >= 15 is 0 Å². The molecule has 1 heterocycles. The molecule has 1 amide bonds. The van der Waals surface area contributed by atoms with Gasteiger partial charge in [0.25, 0.3) is 5.91 Å². The fourth-order valence-electron chi connectivity index (χ4n) is 1.62. The summed E-state index contributed by atoms with van der Waals surface area (Å²) in [5, 5.41) is 2.57. The minimum Gasteiger partial charge on any atom is -0.399 e. The lowest BCUT2D eigenvalue weighted by molar-refractivity contribution is 0.0946. The average molecular weight is 248 g/mol. The Hall–Kier alpha value is -2.37. The van der Waals surface area contributed by atoms with Gasteiger partial charge < -0.3 is 16.0 Å². The molecule has 0 aliphatic rings. The molecule has 0 aliphatic heterocycles. The first-order valence-electron chi connectivity index (χ1n) is 5.40. The number of carbonyl (C=O) groups is 1. The smallest absolute Gasteiger partial charge is 0.254 e. The van der Waals surface area contributed by atoms with Crippen molar-refractivity contribution in [2.45, 2.75) is 13.5 Å². The number of nitrogens with zero attached hydrogens (tertiary/aromatic N) is 1. The van der Waals surface area contributed by atoms with Crippen molar-refractivity contribution in [1.29, 1.82) is 0 Å². The monoisotopic (exact) mass is 248 g/mol. The summed E-state index contributed by atoms with van der Waals surface area (Å²) in [5.74, 6) is -0.468. The summed E-state index contributed by atoms with van der Waals surface area (Å²) in [4.78, 5) is 18.6. The van der Waals surface area contributed by atoms with Gasteiger partial charge in [0, 0.05) is 18.1 Å². The number of aromatic amines is 1. The summed E-state index contributed by atoms with van der Waals surface area (Å²) in [5.41, 5.74) is 6.24. The van der Waals surface area contributed by atoms with E-state index in [1.807, 2.05) is 0 Å². The molecule has 0 atom stereocenters. The first kappa shape index (κ1) is 12.1. The number of aromatic nitrogens is 2. The summed E-state index contributed by atoms with van der Waals surface area (Å²) >= 11 is 0. The zero-order valence-corrected chi connectivity index (χ0v) is 9.83. The third-order valence-electron chi connectivity index (χ3n) is 2.49. The molecule has 1 aromatic heterocycles.